The lowest BCUT2D eigenvalue weighted by molar-refractivity contribution is -0.140. The van der Waals surface area contributed by atoms with Crippen molar-refractivity contribution in [2.24, 2.45) is 0 Å². The number of unbranched alkanes of at least 4 members (excludes halogenated alkanes) is 1. The molecule has 11 heteroatoms. The number of benzene rings is 4. The molecule has 1 N–H and O–H groups in total. The molecule has 2 amide bonds. The molecule has 0 radical (unpaired) electrons. The molecule has 0 aliphatic rings. The van der Waals surface area contributed by atoms with Crippen molar-refractivity contribution in [1.82, 2.24) is 10.2 Å². The van der Waals surface area contributed by atoms with Gasteiger partial charge in [-0.15, -0.1) is 0 Å². The number of halogens is 3. The number of carbonyl (C=O) groups is 2. The summed E-state index contributed by atoms with van der Waals surface area (Å²) in [5.74, 6) is -1.76. The van der Waals surface area contributed by atoms with Gasteiger partial charge < -0.3 is 10.2 Å². The lowest BCUT2D eigenvalue weighted by atomic mass is 10.0. The molecular weight excluding hydrogens is 636 g/mol. The summed E-state index contributed by atoms with van der Waals surface area (Å²) in [7, 11) is -4.33. The van der Waals surface area contributed by atoms with Crippen LogP contribution < -0.4 is 9.62 Å². The van der Waals surface area contributed by atoms with Gasteiger partial charge in [0.05, 0.1) is 15.6 Å². The maximum atomic E-state index is 14.4. The topological polar surface area (TPSA) is 86.8 Å². The van der Waals surface area contributed by atoms with Gasteiger partial charge in [-0.25, -0.2) is 12.8 Å². The van der Waals surface area contributed by atoms with Gasteiger partial charge in [0.15, 0.2) is 0 Å². The van der Waals surface area contributed by atoms with Crippen LogP contribution in [0.4, 0.5) is 10.1 Å². The highest BCUT2D eigenvalue weighted by Crippen LogP contribution is 2.28. The Kier molecular flexibility index (Phi) is 12.0. The molecule has 1 unspecified atom stereocenters. The Morgan fingerprint density at radius 1 is 0.867 bits per heavy atom. The van der Waals surface area contributed by atoms with E-state index in [9.17, 15) is 22.4 Å². The van der Waals surface area contributed by atoms with Crippen LogP contribution in [0.2, 0.25) is 10.0 Å². The summed E-state index contributed by atoms with van der Waals surface area (Å²) in [5, 5.41) is 3.08. The molecule has 7 nitrogen and oxygen atoms in total. The van der Waals surface area contributed by atoms with Gasteiger partial charge in [0, 0.05) is 24.5 Å². The Labute approximate surface area is 273 Å². The van der Waals surface area contributed by atoms with Crippen LogP contribution in [0, 0.1) is 5.82 Å². The molecule has 0 saturated heterocycles. The number of hydrogen-bond donors (Lipinski definition) is 1. The van der Waals surface area contributed by atoms with Crippen molar-refractivity contribution < 1.29 is 22.4 Å². The smallest absolute Gasteiger partial charge is 0.264 e. The minimum Gasteiger partial charge on any atom is -0.354 e. The molecule has 45 heavy (non-hydrogen) atoms. The summed E-state index contributed by atoms with van der Waals surface area (Å²) in [5.41, 5.74) is 1.46. The Morgan fingerprint density at radius 3 is 2.18 bits per heavy atom. The Morgan fingerprint density at radius 2 is 1.53 bits per heavy atom. The number of amides is 2. The van der Waals surface area contributed by atoms with Gasteiger partial charge in [-0.2, -0.15) is 0 Å². The molecule has 4 rings (SSSR count). The number of carbonyl (C=O) groups excluding carboxylic acids is 2. The number of rotatable bonds is 14. The first-order valence-corrected chi connectivity index (χ1v) is 16.7. The molecule has 4 aromatic carbocycles. The predicted octanol–water partition coefficient (Wildman–Crippen LogP) is 6.88. The zero-order chi connectivity index (χ0) is 32.4. The van der Waals surface area contributed by atoms with E-state index >= 15 is 0 Å². The van der Waals surface area contributed by atoms with Crippen molar-refractivity contribution in [2.75, 3.05) is 17.4 Å². The molecule has 4 aromatic rings. The van der Waals surface area contributed by atoms with Crippen LogP contribution in [-0.4, -0.2) is 44.3 Å². The zero-order valence-electron chi connectivity index (χ0n) is 24.7. The van der Waals surface area contributed by atoms with Crippen LogP contribution in [0.25, 0.3) is 0 Å². The normalized spacial score (nSPS) is 11.9. The van der Waals surface area contributed by atoms with Crippen LogP contribution in [0.15, 0.2) is 108 Å². The Hall–Kier alpha value is -3.92. The fourth-order valence-corrected chi connectivity index (χ4v) is 6.60. The van der Waals surface area contributed by atoms with Gasteiger partial charge in [0.25, 0.3) is 10.0 Å². The van der Waals surface area contributed by atoms with Crippen molar-refractivity contribution in [3.8, 4) is 0 Å². The summed E-state index contributed by atoms with van der Waals surface area (Å²) in [6.45, 7) is 1.71. The van der Waals surface area contributed by atoms with E-state index in [0.717, 1.165) is 34.8 Å². The molecule has 0 aromatic heterocycles. The highest BCUT2D eigenvalue weighted by Gasteiger charge is 2.34. The highest BCUT2D eigenvalue weighted by atomic mass is 35.5. The summed E-state index contributed by atoms with van der Waals surface area (Å²) in [6.07, 6.45) is 1.79. The number of nitrogens with zero attached hydrogens (tertiary/aromatic N) is 2. The SMILES string of the molecule is CCCCNC(=O)C(Cc1ccccc1)N(Cc1cccc(Cl)c1)C(=O)CN(c1ccc(F)c(Cl)c1)S(=O)(=O)c1ccccc1. The summed E-state index contributed by atoms with van der Waals surface area (Å²) in [4.78, 5) is 29.5. The molecule has 236 valence electrons. The second-order valence-electron chi connectivity index (χ2n) is 10.4. The summed E-state index contributed by atoms with van der Waals surface area (Å²) >= 11 is 12.3. The second kappa shape index (κ2) is 15.9. The third-order valence-corrected chi connectivity index (χ3v) is 9.46. The molecule has 0 saturated carbocycles. The second-order valence-corrected chi connectivity index (χ2v) is 13.1. The number of anilines is 1. The number of hydrogen-bond acceptors (Lipinski definition) is 4. The van der Waals surface area contributed by atoms with Gasteiger partial charge in [-0.05, 0) is 60.0 Å². The average molecular weight is 671 g/mol. The molecule has 0 bridgehead atoms. The van der Waals surface area contributed by atoms with E-state index in [1.807, 2.05) is 37.3 Å². The molecule has 0 aliphatic heterocycles. The summed E-state index contributed by atoms with van der Waals surface area (Å²) in [6, 6.07) is 26.2. The van der Waals surface area contributed by atoms with Crippen molar-refractivity contribution in [2.45, 2.75) is 43.7 Å². The fourth-order valence-electron chi connectivity index (χ4n) is 4.78. The van der Waals surface area contributed by atoms with Gasteiger partial charge in [0.1, 0.15) is 18.4 Å². The van der Waals surface area contributed by atoms with E-state index in [1.165, 1.54) is 23.1 Å². The van der Waals surface area contributed by atoms with E-state index in [-0.39, 0.29) is 34.5 Å². The third kappa shape index (κ3) is 9.06. The molecule has 0 fully saturated rings. The molecule has 1 atom stereocenters. The third-order valence-electron chi connectivity index (χ3n) is 7.14. The molecule has 0 aliphatic carbocycles. The van der Waals surface area contributed by atoms with Gasteiger partial charge >= 0.3 is 0 Å². The molecule has 0 heterocycles. The standard InChI is InChI=1S/C34H34Cl2FN3O4S/c1-2-3-19-38-34(42)32(21-25-11-6-4-7-12-25)39(23-26-13-10-14-27(35)20-26)33(41)24-40(28-17-18-31(37)30(36)22-28)45(43,44)29-15-8-5-9-16-29/h4-18,20,22,32H,2-3,19,21,23-24H2,1H3,(H,38,42). The maximum Gasteiger partial charge on any atom is 0.264 e. The maximum absolute atomic E-state index is 14.4. The lowest BCUT2D eigenvalue weighted by Gasteiger charge is -2.34. The van der Waals surface area contributed by atoms with Gasteiger partial charge in [0.2, 0.25) is 11.8 Å². The molecular formula is C34H34Cl2FN3O4S. The minimum atomic E-state index is -4.33. The van der Waals surface area contributed by atoms with Crippen LogP contribution in [0.5, 0.6) is 0 Å². The van der Waals surface area contributed by atoms with Gasteiger partial charge in [-0.1, -0.05) is 97.2 Å². The lowest BCUT2D eigenvalue weighted by Crippen LogP contribution is -2.53. The minimum absolute atomic E-state index is 0.00619. The largest absolute Gasteiger partial charge is 0.354 e. The van der Waals surface area contributed by atoms with Crippen molar-refractivity contribution in [1.29, 1.82) is 0 Å². The Bertz CT molecular complexity index is 1710. The van der Waals surface area contributed by atoms with E-state index in [4.69, 9.17) is 23.2 Å². The van der Waals surface area contributed by atoms with Crippen LogP contribution >= 0.6 is 23.2 Å². The first-order chi connectivity index (χ1) is 21.6. The number of nitrogens with one attached hydrogen (secondary N) is 1. The van der Waals surface area contributed by atoms with Crippen LogP contribution in [0.1, 0.15) is 30.9 Å². The van der Waals surface area contributed by atoms with E-state index in [2.05, 4.69) is 5.32 Å². The Balaban J connectivity index is 1.80. The first-order valence-electron chi connectivity index (χ1n) is 14.5. The van der Waals surface area contributed by atoms with Crippen molar-refractivity contribution in [3.63, 3.8) is 0 Å². The van der Waals surface area contributed by atoms with Gasteiger partial charge in [-0.3, -0.25) is 13.9 Å². The average Bonchev–Trinajstić information content (AvgIpc) is 3.03. The zero-order valence-corrected chi connectivity index (χ0v) is 27.0. The van der Waals surface area contributed by atoms with Crippen LogP contribution in [-0.2, 0) is 32.6 Å². The van der Waals surface area contributed by atoms with Crippen molar-refractivity contribution >= 4 is 50.7 Å². The monoisotopic (exact) mass is 669 g/mol. The number of sulfonamides is 1. The fraction of sp³-hybridized carbons (Fsp3) is 0.235. The van der Waals surface area contributed by atoms with E-state index < -0.39 is 34.3 Å². The highest BCUT2D eigenvalue weighted by molar-refractivity contribution is 7.92. The summed E-state index contributed by atoms with van der Waals surface area (Å²) < 4.78 is 43.0. The van der Waals surface area contributed by atoms with E-state index in [0.29, 0.717) is 17.1 Å². The quantitative estimate of drug-likeness (QED) is 0.148. The molecule has 0 spiro atoms. The van der Waals surface area contributed by atoms with Crippen LogP contribution in [0.3, 0.4) is 0 Å². The predicted molar refractivity (Wildman–Crippen MR) is 176 cm³/mol. The first kappa shape index (κ1) is 34.0. The van der Waals surface area contributed by atoms with E-state index in [1.54, 1.807) is 42.5 Å². The van der Waals surface area contributed by atoms with Crippen molar-refractivity contribution in [3.05, 3.63) is 130 Å².